The fraction of sp³-hybridized carbons (Fsp3) is 0.692. The third-order valence-corrected chi connectivity index (χ3v) is 2.79. The molecule has 3 N–H and O–H groups in total. The Hall–Kier alpha value is -1.07. The number of nitrogens with two attached hydrogens (primary N) is 1. The van der Waals surface area contributed by atoms with Crippen molar-refractivity contribution in [3.8, 4) is 0 Å². The molecule has 0 fully saturated rings. The fourth-order valence-electron chi connectivity index (χ4n) is 1.45. The van der Waals surface area contributed by atoms with E-state index in [0.29, 0.717) is 29.1 Å². The van der Waals surface area contributed by atoms with Gasteiger partial charge in [-0.05, 0) is 20.3 Å². The van der Waals surface area contributed by atoms with Crippen LogP contribution in [0.2, 0.25) is 5.15 Å². The highest BCUT2D eigenvalue weighted by Gasteiger charge is 2.12. The van der Waals surface area contributed by atoms with E-state index >= 15 is 0 Å². The quantitative estimate of drug-likeness (QED) is 0.595. The molecule has 0 saturated heterocycles. The van der Waals surface area contributed by atoms with Crippen molar-refractivity contribution < 1.29 is 4.74 Å². The molecule has 0 aromatic carbocycles. The van der Waals surface area contributed by atoms with E-state index in [4.69, 9.17) is 22.1 Å². The first-order chi connectivity index (χ1) is 8.91. The molecule has 0 unspecified atom stereocenters. The van der Waals surface area contributed by atoms with Gasteiger partial charge in [-0.25, -0.2) is 9.97 Å². The largest absolute Gasteiger partial charge is 0.393 e. The predicted octanol–water partition coefficient (Wildman–Crippen LogP) is 3.06. The summed E-state index contributed by atoms with van der Waals surface area (Å²) in [5.74, 6) is 1.51. The summed E-state index contributed by atoms with van der Waals surface area (Å²) in [5, 5.41) is 3.49. The Labute approximate surface area is 119 Å². The van der Waals surface area contributed by atoms with Gasteiger partial charge in [-0.3, -0.25) is 0 Å². The summed E-state index contributed by atoms with van der Waals surface area (Å²) in [4.78, 5) is 8.56. The highest BCUT2D eigenvalue weighted by molar-refractivity contribution is 6.32. The zero-order valence-electron chi connectivity index (χ0n) is 12.0. The topological polar surface area (TPSA) is 73.1 Å². The third kappa shape index (κ3) is 5.20. The van der Waals surface area contributed by atoms with E-state index < -0.39 is 0 Å². The molecule has 0 aliphatic rings. The van der Waals surface area contributed by atoms with Crippen molar-refractivity contribution in [2.75, 3.05) is 24.2 Å². The molecular weight excluding hydrogens is 264 g/mol. The van der Waals surface area contributed by atoms with Gasteiger partial charge in [0.25, 0.3) is 0 Å². The van der Waals surface area contributed by atoms with Crippen LogP contribution >= 0.6 is 11.6 Å². The summed E-state index contributed by atoms with van der Waals surface area (Å²) in [6, 6.07) is 0. The number of hydrogen-bond acceptors (Lipinski definition) is 5. The number of nitrogens with zero attached hydrogens (tertiary/aromatic N) is 2. The average molecular weight is 287 g/mol. The molecule has 1 rings (SSSR count). The Balaban J connectivity index is 2.57. The molecule has 0 amide bonds. The van der Waals surface area contributed by atoms with E-state index in [2.05, 4.69) is 15.3 Å². The van der Waals surface area contributed by atoms with Gasteiger partial charge in [-0.1, -0.05) is 25.4 Å². The lowest BCUT2D eigenvalue weighted by molar-refractivity contribution is 0.0787. The van der Waals surface area contributed by atoms with E-state index in [-0.39, 0.29) is 12.0 Å². The molecule has 0 radical (unpaired) electrons. The smallest absolute Gasteiger partial charge is 0.157 e. The molecule has 0 atom stereocenters. The summed E-state index contributed by atoms with van der Waals surface area (Å²) in [7, 11) is 0. The second-order valence-electron chi connectivity index (χ2n) is 4.99. The normalized spacial score (nSPS) is 11.3. The van der Waals surface area contributed by atoms with Gasteiger partial charge in [0.05, 0.1) is 6.10 Å². The van der Waals surface area contributed by atoms with Crippen LogP contribution in [0, 0.1) is 0 Å². The van der Waals surface area contributed by atoms with Crippen molar-refractivity contribution >= 4 is 23.1 Å². The van der Waals surface area contributed by atoms with Crippen LogP contribution in [0.15, 0.2) is 0 Å². The van der Waals surface area contributed by atoms with Crippen LogP contribution in [0.1, 0.15) is 45.9 Å². The number of nitrogen functional groups attached to an aromatic ring is 1. The second kappa shape index (κ2) is 7.50. The summed E-state index contributed by atoms with van der Waals surface area (Å²) in [6.45, 7) is 9.52. The van der Waals surface area contributed by atoms with Crippen LogP contribution in [0.3, 0.4) is 0 Å². The predicted molar refractivity (Wildman–Crippen MR) is 79.7 cm³/mol. The van der Waals surface area contributed by atoms with Gasteiger partial charge in [-0.15, -0.1) is 0 Å². The van der Waals surface area contributed by atoms with Crippen LogP contribution in [0.5, 0.6) is 0 Å². The minimum atomic E-state index is 0.211. The van der Waals surface area contributed by atoms with Crippen molar-refractivity contribution in [1.29, 1.82) is 0 Å². The third-order valence-electron chi connectivity index (χ3n) is 2.50. The van der Waals surface area contributed by atoms with Crippen molar-refractivity contribution in [1.82, 2.24) is 9.97 Å². The van der Waals surface area contributed by atoms with E-state index in [1.165, 1.54) is 0 Å². The number of ether oxygens (including phenoxy) is 1. The lowest BCUT2D eigenvalue weighted by Crippen LogP contribution is -2.13. The van der Waals surface area contributed by atoms with Crippen molar-refractivity contribution in [2.24, 2.45) is 0 Å². The molecule has 0 aliphatic heterocycles. The lowest BCUT2D eigenvalue weighted by Gasteiger charge is -2.13. The molecule has 1 heterocycles. The van der Waals surface area contributed by atoms with Gasteiger partial charge in [0.2, 0.25) is 0 Å². The molecule has 5 nitrogen and oxygen atoms in total. The Morgan fingerprint density at radius 2 is 1.95 bits per heavy atom. The molecule has 0 aliphatic carbocycles. The molecule has 6 heteroatoms. The molecule has 0 saturated carbocycles. The summed E-state index contributed by atoms with van der Waals surface area (Å²) < 4.78 is 5.47. The van der Waals surface area contributed by atoms with Crippen molar-refractivity contribution in [2.45, 2.75) is 46.1 Å². The number of halogens is 1. The van der Waals surface area contributed by atoms with E-state index in [1.807, 2.05) is 27.7 Å². The number of rotatable bonds is 7. The summed E-state index contributed by atoms with van der Waals surface area (Å²) >= 11 is 6.00. The van der Waals surface area contributed by atoms with Gasteiger partial charge in [0, 0.05) is 19.1 Å². The van der Waals surface area contributed by atoms with Crippen LogP contribution < -0.4 is 11.1 Å². The summed E-state index contributed by atoms with van der Waals surface area (Å²) in [6.07, 6.45) is 1.14. The lowest BCUT2D eigenvalue weighted by atomic mass is 10.2. The van der Waals surface area contributed by atoms with Crippen molar-refractivity contribution in [3.05, 3.63) is 11.0 Å². The van der Waals surface area contributed by atoms with Gasteiger partial charge < -0.3 is 15.8 Å². The van der Waals surface area contributed by atoms with E-state index in [0.717, 1.165) is 13.0 Å². The number of hydrogen-bond donors (Lipinski definition) is 2. The van der Waals surface area contributed by atoms with Crippen LogP contribution in [-0.4, -0.2) is 29.2 Å². The van der Waals surface area contributed by atoms with E-state index in [1.54, 1.807) is 0 Å². The average Bonchev–Trinajstić information content (AvgIpc) is 2.33. The Kier molecular flexibility index (Phi) is 6.31. The van der Waals surface area contributed by atoms with E-state index in [9.17, 15) is 0 Å². The number of aromatic nitrogens is 2. The molecule has 0 bridgehead atoms. The van der Waals surface area contributed by atoms with Gasteiger partial charge >= 0.3 is 0 Å². The standard InChI is InChI=1S/C13H23ClN4O/c1-8(2)12-17-11(14)10(15)13(18-12)16-6-5-7-19-9(3)4/h8-9H,5-7,15H2,1-4H3,(H,16,17,18). The zero-order valence-corrected chi connectivity index (χ0v) is 12.8. The highest BCUT2D eigenvalue weighted by Crippen LogP contribution is 2.25. The highest BCUT2D eigenvalue weighted by atomic mass is 35.5. The molecule has 108 valence electrons. The van der Waals surface area contributed by atoms with Crippen LogP contribution in [-0.2, 0) is 4.74 Å². The number of nitrogens with one attached hydrogen (secondary N) is 1. The first-order valence-corrected chi connectivity index (χ1v) is 6.98. The number of anilines is 2. The first-order valence-electron chi connectivity index (χ1n) is 6.60. The fourth-order valence-corrected chi connectivity index (χ4v) is 1.63. The molecule has 1 aromatic rings. The monoisotopic (exact) mass is 286 g/mol. The maximum absolute atomic E-state index is 6.00. The van der Waals surface area contributed by atoms with Gasteiger partial charge in [0.15, 0.2) is 11.0 Å². The minimum Gasteiger partial charge on any atom is -0.393 e. The Bertz CT molecular complexity index is 410. The maximum Gasteiger partial charge on any atom is 0.157 e. The van der Waals surface area contributed by atoms with Crippen LogP contribution in [0.25, 0.3) is 0 Å². The molecular formula is C13H23ClN4O. The second-order valence-corrected chi connectivity index (χ2v) is 5.35. The van der Waals surface area contributed by atoms with Gasteiger partial charge in [0.1, 0.15) is 11.5 Å². The molecule has 0 spiro atoms. The van der Waals surface area contributed by atoms with Crippen molar-refractivity contribution in [3.63, 3.8) is 0 Å². The Morgan fingerprint density at radius 3 is 2.53 bits per heavy atom. The molecule has 1 aromatic heterocycles. The van der Waals surface area contributed by atoms with Gasteiger partial charge in [-0.2, -0.15) is 0 Å². The minimum absolute atomic E-state index is 0.211. The SMILES string of the molecule is CC(C)OCCCNc1nc(C(C)C)nc(Cl)c1N. The molecule has 19 heavy (non-hydrogen) atoms. The summed E-state index contributed by atoms with van der Waals surface area (Å²) in [5.41, 5.74) is 6.26. The Morgan fingerprint density at radius 1 is 1.26 bits per heavy atom. The maximum atomic E-state index is 6.00. The van der Waals surface area contributed by atoms with Crippen LogP contribution in [0.4, 0.5) is 11.5 Å². The first kappa shape index (κ1) is 16.0. The zero-order chi connectivity index (χ0) is 14.4.